The maximum Gasteiger partial charge on any atom is 0.253 e. The number of amides is 1. The largest absolute Gasteiger partial charge is 0.384 e. The molecule has 2 fully saturated rings. The van der Waals surface area contributed by atoms with Gasteiger partial charge < -0.3 is 15.4 Å². The molecule has 0 spiro atoms. The predicted molar refractivity (Wildman–Crippen MR) is 77.0 cm³/mol. The summed E-state index contributed by atoms with van der Waals surface area (Å²) in [5, 5.41) is 6.55. The van der Waals surface area contributed by atoms with E-state index in [0.717, 1.165) is 49.9 Å². The quantitative estimate of drug-likeness (QED) is 0.867. The smallest absolute Gasteiger partial charge is 0.253 e. The van der Waals surface area contributed by atoms with E-state index in [1.54, 1.807) is 0 Å². The Kier molecular flexibility index (Phi) is 2.91. The molecule has 0 saturated carbocycles. The number of ether oxygens (including phenoxy) is 1. The summed E-state index contributed by atoms with van der Waals surface area (Å²) in [6.07, 6.45) is 6.00. The van der Waals surface area contributed by atoms with Crippen molar-refractivity contribution >= 4 is 11.6 Å². The van der Waals surface area contributed by atoms with Gasteiger partial charge in [-0.05, 0) is 43.7 Å². The van der Waals surface area contributed by atoms with Crippen LogP contribution in [0.5, 0.6) is 0 Å². The van der Waals surface area contributed by atoms with Gasteiger partial charge in [-0.2, -0.15) is 0 Å². The van der Waals surface area contributed by atoms with E-state index in [2.05, 4.69) is 16.7 Å². The number of carbonyl (C=O) groups excluding carboxylic acids is 1. The maximum atomic E-state index is 12.5. The van der Waals surface area contributed by atoms with Crippen molar-refractivity contribution in [3.63, 3.8) is 0 Å². The molecule has 106 valence electrons. The first-order valence-corrected chi connectivity index (χ1v) is 7.63. The second-order valence-corrected chi connectivity index (χ2v) is 6.06. The third-order valence-corrected chi connectivity index (χ3v) is 4.74. The van der Waals surface area contributed by atoms with Crippen LogP contribution in [0.25, 0.3) is 0 Å². The lowest BCUT2D eigenvalue weighted by atomic mass is 9.94. The molecule has 0 radical (unpaired) electrons. The van der Waals surface area contributed by atoms with Gasteiger partial charge >= 0.3 is 0 Å². The number of nitrogens with one attached hydrogen (secondary N) is 2. The average Bonchev–Trinajstić information content (AvgIpc) is 3.09. The molecule has 1 aromatic rings. The minimum absolute atomic E-state index is 0.0393. The minimum Gasteiger partial charge on any atom is -0.384 e. The number of para-hydroxylation sites is 1. The minimum atomic E-state index is 0.0393. The van der Waals surface area contributed by atoms with Gasteiger partial charge in [-0.15, -0.1) is 0 Å². The standard InChI is InChI=1S/C16H20N2O2/c19-16(18-13-9-11-6-7-14(13)20-11)12-5-1-3-10-4-2-8-17-15(10)12/h1,3,5,11,13-14,17H,2,4,6-9H2,(H,18,19). The van der Waals surface area contributed by atoms with Gasteiger partial charge in [0, 0.05) is 6.54 Å². The van der Waals surface area contributed by atoms with Crippen molar-refractivity contribution in [2.75, 3.05) is 11.9 Å². The normalized spacial score (nSPS) is 30.7. The van der Waals surface area contributed by atoms with Crippen molar-refractivity contribution in [1.29, 1.82) is 0 Å². The molecule has 0 aliphatic carbocycles. The van der Waals surface area contributed by atoms with Gasteiger partial charge in [-0.3, -0.25) is 4.79 Å². The van der Waals surface area contributed by atoms with Crippen molar-refractivity contribution < 1.29 is 9.53 Å². The van der Waals surface area contributed by atoms with E-state index >= 15 is 0 Å². The highest BCUT2D eigenvalue weighted by molar-refractivity contribution is 6.00. The van der Waals surface area contributed by atoms with Gasteiger partial charge in [-0.1, -0.05) is 12.1 Å². The second kappa shape index (κ2) is 4.77. The molecule has 3 unspecified atom stereocenters. The molecule has 1 amide bonds. The van der Waals surface area contributed by atoms with Gasteiger partial charge in [-0.25, -0.2) is 0 Å². The van der Waals surface area contributed by atoms with Crippen LogP contribution in [0.2, 0.25) is 0 Å². The lowest BCUT2D eigenvalue weighted by molar-refractivity contribution is 0.0841. The summed E-state index contributed by atoms with van der Waals surface area (Å²) in [5.41, 5.74) is 3.07. The third-order valence-electron chi connectivity index (χ3n) is 4.74. The Labute approximate surface area is 118 Å². The van der Waals surface area contributed by atoms with E-state index in [4.69, 9.17) is 4.74 Å². The Balaban J connectivity index is 1.54. The van der Waals surface area contributed by atoms with Crippen LogP contribution in [-0.4, -0.2) is 30.7 Å². The molecule has 4 heteroatoms. The fourth-order valence-corrected chi connectivity index (χ4v) is 3.73. The van der Waals surface area contributed by atoms with Crippen LogP contribution in [0.4, 0.5) is 5.69 Å². The van der Waals surface area contributed by atoms with Crippen molar-refractivity contribution in [2.45, 2.75) is 50.4 Å². The lowest BCUT2D eigenvalue weighted by Crippen LogP contribution is -2.41. The van der Waals surface area contributed by atoms with E-state index in [0.29, 0.717) is 6.10 Å². The number of rotatable bonds is 2. The van der Waals surface area contributed by atoms with Gasteiger partial charge in [0.25, 0.3) is 5.91 Å². The topological polar surface area (TPSA) is 50.4 Å². The SMILES string of the molecule is O=C(NC1CC2CCC1O2)c1cccc2c1NCCC2. The van der Waals surface area contributed by atoms with Gasteiger partial charge in [0.1, 0.15) is 0 Å². The Hall–Kier alpha value is -1.55. The van der Waals surface area contributed by atoms with Crippen LogP contribution in [0.15, 0.2) is 18.2 Å². The summed E-state index contributed by atoms with van der Waals surface area (Å²) in [7, 11) is 0. The molecule has 2 N–H and O–H groups in total. The molecule has 3 heterocycles. The van der Waals surface area contributed by atoms with E-state index in [1.165, 1.54) is 5.56 Å². The number of carbonyl (C=O) groups is 1. The molecule has 3 aliphatic heterocycles. The van der Waals surface area contributed by atoms with Crippen molar-refractivity contribution in [1.82, 2.24) is 5.32 Å². The van der Waals surface area contributed by atoms with Crippen LogP contribution in [0.1, 0.15) is 41.6 Å². The first-order chi connectivity index (χ1) is 9.81. The fraction of sp³-hybridized carbons (Fsp3) is 0.562. The number of anilines is 1. The Morgan fingerprint density at radius 2 is 2.30 bits per heavy atom. The number of aryl methyl sites for hydroxylation is 1. The van der Waals surface area contributed by atoms with Crippen LogP contribution in [0.3, 0.4) is 0 Å². The lowest BCUT2D eigenvalue weighted by Gasteiger charge is -2.23. The fourth-order valence-electron chi connectivity index (χ4n) is 3.73. The number of hydrogen-bond donors (Lipinski definition) is 2. The summed E-state index contributed by atoms with van der Waals surface area (Å²) >= 11 is 0. The molecule has 4 nitrogen and oxygen atoms in total. The van der Waals surface area contributed by atoms with E-state index in [9.17, 15) is 4.79 Å². The van der Waals surface area contributed by atoms with Crippen LogP contribution in [-0.2, 0) is 11.2 Å². The van der Waals surface area contributed by atoms with E-state index in [-0.39, 0.29) is 18.1 Å². The zero-order chi connectivity index (χ0) is 13.5. The number of fused-ring (bicyclic) bond motifs is 3. The monoisotopic (exact) mass is 272 g/mol. The number of benzene rings is 1. The Morgan fingerprint density at radius 1 is 1.35 bits per heavy atom. The van der Waals surface area contributed by atoms with Crippen LogP contribution in [0, 0.1) is 0 Å². The molecule has 0 aromatic heterocycles. The van der Waals surface area contributed by atoms with Gasteiger partial charge in [0.15, 0.2) is 0 Å². The molecule has 4 rings (SSSR count). The highest BCUT2D eigenvalue weighted by Crippen LogP contribution is 2.35. The highest BCUT2D eigenvalue weighted by Gasteiger charge is 2.41. The molecular formula is C16H20N2O2. The highest BCUT2D eigenvalue weighted by atomic mass is 16.5. The molecular weight excluding hydrogens is 252 g/mol. The zero-order valence-electron chi connectivity index (χ0n) is 11.5. The van der Waals surface area contributed by atoms with Crippen molar-refractivity contribution in [3.8, 4) is 0 Å². The van der Waals surface area contributed by atoms with E-state index in [1.807, 2.05) is 12.1 Å². The van der Waals surface area contributed by atoms with Crippen LogP contribution >= 0.6 is 0 Å². The third kappa shape index (κ3) is 1.99. The Morgan fingerprint density at radius 3 is 3.10 bits per heavy atom. The van der Waals surface area contributed by atoms with Crippen LogP contribution < -0.4 is 10.6 Å². The van der Waals surface area contributed by atoms with Crippen molar-refractivity contribution in [3.05, 3.63) is 29.3 Å². The predicted octanol–water partition coefficient (Wildman–Crippen LogP) is 2.09. The first-order valence-electron chi connectivity index (χ1n) is 7.63. The average molecular weight is 272 g/mol. The van der Waals surface area contributed by atoms with E-state index < -0.39 is 0 Å². The first kappa shape index (κ1) is 12.2. The molecule has 20 heavy (non-hydrogen) atoms. The maximum absolute atomic E-state index is 12.5. The Bertz CT molecular complexity index is 543. The van der Waals surface area contributed by atoms with Gasteiger partial charge in [0.05, 0.1) is 29.5 Å². The van der Waals surface area contributed by atoms with Gasteiger partial charge in [0.2, 0.25) is 0 Å². The molecule has 1 aromatic carbocycles. The molecule has 2 saturated heterocycles. The molecule has 3 aliphatic rings. The summed E-state index contributed by atoms with van der Waals surface area (Å²) in [6, 6.07) is 6.21. The zero-order valence-corrected chi connectivity index (χ0v) is 11.5. The summed E-state index contributed by atoms with van der Waals surface area (Å²) in [4.78, 5) is 12.5. The van der Waals surface area contributed by atoms with Crippen molar-refractivity contribution in [2.24, 2.45) is 0 Å². The molecule has 2 bridgehead atoms. The summed E-state index contributed by atoms with van der Waals surface area (Å²) < 4.78 is 5.80. The molecule has 3 atom stereocenters. The second-order valence-electron chi connectivity index (χ2n) is 6.06. The summed E-state index contributed by atoms with van der Waals surface area (Å²) in [5.74, 6) is 0.0393. The summed E-state index contributed by atoms with van der Waals surface area (Å²) in [6.45, 7) is 0.953. The number of hydrogen-bond acceptors (Lipinski definition) is 3.